The molecule has 0 spiro atoms. The van der Waals surface area contributed by atoms with E-state index >= 15 is 0 Å². The van der Waals surface area contributed by atoms with Gasteiger partial charge in [0.15, 0.2) is 0 Å². The first-order valence-electron chi connectivity index (χ1n) is 10.4. The minimum atomic E-state index is -2.97. The smallest absolute Gasteiger partial charge is 0.402 e. The second-order valence-electron chi connectivity index (χ2n) is 8.10. The Morgan fingerprint density at radius 1 is 0.882 bits per heavy atom. The van der Waals surface area contributed by atoms with Gasteiger partial charge in [0.1, 0.15) is 17.2 Å². The highest BCUT2D eigenvalue weighted by molar-refractivity contribution is 9.69. The van der Waals surface area contributed by atoms with E-state index < -0.39 is 57.9 Å². The quantitative estimate of drug-likeness (QED) is 0.232. The van der Waals surface area contributed by atoms with Crippen LogP contribution in [0.5, 0.6) is 0 Å². The molecule has 2 fully saturated rings. The lowest BCUT2D eigenvalue weighted by Gasteiger charge is -2.36. The maximum Gasteiger partial charge on any atom is 0.542 e. The van der Waals surface area contributed by atoms with E-state index in [4.69, 9.17) is 4.65 Å². The zero-order chi connectivity index (χ0) is 24.5. The summed E-state index contributed by atoms with van der Waals surface area (Å²) in [5, 5.41) is 0. The molecule has 1 atom stereocenters. The number of halogens is 7. The lowest BCUT2D eigenvalue weighted by molar-refractivity contribution is 0.00330. The maximum absolute atomic E-state index is 14.7. The molecule has 2 heterocycles. The van der Waals surface area contributed by atoms with Gasteiger partial charge in [0.2, 0.25) is 0 Å². The Bertz CT molecular complexity index is 1090. The van der Waals surface area contributed by atoms with Crippen molar-refractivity contribution in [2.24, 2.45) is 0 Å². The van der Waals surface area contributed by atoms with Crippen LogP contribution in [0.1, 0.15) is 17.5 Å². The summed E-state index contributed by atoms with van der Waals surface area (Å²) in [6.45, 7) is -0.584. The molecule has 176 valence electrons. The summed E-state index contributed by atoms with van der Waals surface area (Å²) < 4.78 is 64.4. The van der Waals surface area contributed by atoms with E-state index in [0.29, 0.717) is 11.1 Å². The zero-order valence-electron chi connectivity index (χ0n) is 17.7. The maximum atomic E-state index is 14.7. The van der Waals surface area contributed by atoms with Gasteiger partial charge in [0, 0.05) is 17.9 Å². The van der Waals surface area contributed by atoms with Crippen LogP contribution in [0, 0.1) is 11.6 Å². The summed E-state index contributed by atoms with van der Waals surface area (Å²) in [5.74, 6) is -4.30. The molecule has 0 bridgehead atoms. The van der Waals surface area contributed by atoms with Gasteiger partial charge in [-0.2, -0.15) is 42.2 Å². The number of alkyl halides is 2. The lowest BCUT2D eigenvalue weighted by Crippen LogP contribution is -2.48. The van der Waals surface area contributed by atoms with Gasteiger partial charge in [-0.05, 0) is 29.3 Å². The summed E-state index contributed by atoms with van der Waals surface area (Å²) in [4.78, 5) is 1.47. The Kier molecular flexibility index (Phi) is 8.35. The molecule has 0 N–H and O–H groups in total. The normalized spacial score (nSPS) is 20.4. The van der Waals surface area contributed by atoms with Crippen LogP contribution in [0.3, 0.4) is 0 Å². The Morgan fingerprint density at radius 3 is 1.94 bits per heavy atom. The molecule has 0 saturated carbocycles. The van der Waals surface area contributed by atoms with Gasteiger partial charge in [-0.15, -0.1) is 0 Å². The molecule has 0 unspecified atom stereocenters. The van der Waals surface area contributed by atoms with Crippen LogP contribution in [-0.4, -0.2) is 39.0 Å². The standard InChI is InChI=1S/C23H18BF4NO.Al.3BrH/c25-18-11-12-20(26)19(13-18)24-29-15-22(27,28)14-21(29)23(30-24,16-7-3-1-4-8-16)17-9-5-2-6-10-17;;;;/h1-13,21H,14-15H2;;3*1H/q;+3;;;/p-3/t21-;;;;/m0..../s1. The molecule has 3 aromatic carbocycles. The first-order chi connectivity index (χ1) is 16.1. The van der Waals surface area contributed by atoms with Crippen LogP contribution in [0.15, 0.2) is 78.9 Å². The number of fused-ring (bicyclic) bond motifs is 1. The molecule has 2 saturated heterocycles. The molecular weight excluding hydrogens is 660 g/mol. The largest absolute Gasteiger partial charge is 0.542 e. The van der Waals surface area contributed by atoms with Crippen LogP contribution in [0.2, 0.25) is 0 Å². The highest BCUT2D eigenvalue weighted by atomic mass is 80.0. The minimum Gasteiger partial charge on any atom is -0.402 e. The molecule has 2 nitrogen and oxygen atoms in total. The fourth-order valence-corrected chi connectivity index (χ4v) is 4.79. The molecule has 0 amide bonds. The second kappa shape index (κ2) is 10.8. The fourth-order valence-electron chi connectivity index (χ4n) is 4.79. The lowest BCUT2D eigenvalue weighted by atomic mass is 9.71. The summed E-state index contributed by atoms with van der Waals surface area (Å²) in [6, 6.07) is 20.5. The van der Waals surface area contributed by atoms with Crippen molar-refractivity contribution in [3.8, 4) is 0 Å². The van der Waals surface area contributed by atoms with Crippen molar-refractivity contribution in [2.75, 3.05) is 6.54 Å². The van der Waals surface area contributed by atoms with Crippen LogP contribution in [0.4, 0.5) is 17.6 Å². The van der Waals surface area contributed by atoms with Crippen molar-refractivity contribution in [3.63, 3.8) is 0 Å². The van der Waals surface area contributed by atoms with Gasteiger partial charge in [-0.3, -0.25) is 0 Å². The Hall–Kier alpha value is -0.663. The van der Waals surface area contributed by atoms with E-state index in [1.54, 1.807) is 0 Å². The molecule has 0 aromatic heterocycles. The second-order valence-corrected chi connectivity index (χ2v) is 27.9. The van der Waals surface area contributed by atoms with Crippen LogP contribution >= 0.6 is 42.2 Å². The van der Waals surface area contributed by atoms with E-state index in [1.165, 1.54) is 4.81 Å². The van der Waals surface area contributed by atoms with Crippen LogP contribution in [0.25, 0.3) is 0 Å². The average Bonchev–Trinajstić information content (AvgIpc) is 3.28. The van der Waals surface area contributed by atoms with E-state index in [-0.39, 0.29) is 5.46 Å². The van der Waals surface area contributed by atoms with Crippen molar-refractivity contribution in [3.05, 3.63) is 102 Å². The number of hydrogen-bond acceptors (Lipinski definition) is 2. The highest BCUT2D eigenvalue weighted by Crippen LogP contribution is 2.52. The number of rotatable bonds is 3. The summed E-state index contributed by atoms with van der Waals surface area (Å²) >= 11 is 9.73. The SMILES string of the molecule is Fc1ccc(F)c(B2OC(c3ccccc3)(c3ccccc3)[C@@H]3CC(F)(F)CN23)c1.[Br][Al]([Br])[Br]. The average molecular weight is 678 g/mol. The fraction of sp³-hybridized carbons (Fsp3) is 0.217. The molecule has 34 heavy (non-hydrogen) atoms. The summed E-state index contributed by atoms with van der Waals surface area (Å²) in [6.07, 6.45) is -0.440. The van der Waals surface area contributed by atoms with Crippen molar-refractivity contribution in [1.29, 1.82) is 0 Å². The third kappa shape index (κ3) is 5.36. The number of nitrogens with zero attached hydrogens (tertiary/aromatic N) is 1. The Balaban J connectivity index is 0.000000636. The van der Waals surface area contributed by atoms with Crippen molar-refractivity contribution in [2.45, 2.75) is 24.0 Å². The van der Waals surface area contributed by atoms with Crippen LogP contribution < -0.4 is 5.46 Å². The molecule has 0 aliphatic carbocycles. The van der Waals surface area contributed by atoms with E-state index in [1.807, 2.05) is 60.7 Å². The first-order valence-corrected chi connectivity index (χ1v) is 20.0. The zero-order valence-corrected chi connectivity index (χ0v) is 23.6. The molecule has 5 rings (SSSR count). The Morgan fingerprint density at radius 2 is 1.41 bits per heavy atom. The molecule has 3 aromatic rings. The molecule has 11 heteroatoms. The van der Waals surface area contributed by atoms with Crippen molar-refractivity contribution >= 4 is 63.3 Å². The summed E-state index contributed by atoms with van der Waals surface area (Å²) in [7, 11) is -1.84. The molecular formula is C23H18AlBBr3F4NO. The highest BCUT2D eigenvalue weighted by Gasteiger charge is 2.65. The molecule has 2 aliphatic rings. The van der Waals surface area contributed by atoms with E-state index in [9.17, 15) is 17.6 Å². The monoisotopic (exact) mass is 675 g/mol. The van der Waals surface area contributed by atoms with Gasteiger partial charge in [-0.25, -0.2) is 17.6 Å². The predicted molar refractivity (Wildman–Crippen MR) is 139 cm³/mol. The van der Waals surface area contributed by atoms with Gasteiger partial charge in [0.05, 0.1) is 6.54 Å². The topological polar surface area (TPSA) is 12.5 Å². The molecule has 0 radical (unpaired) electrons. The van der Waals surface area contributed by atoms with Gasteiger partial charge < -0.3 is 9.47 Å². The third-order valence-electron chi connectivity index (χ3n) is 6.00. The van der Waals surface area contributed by atoms with Crippen molar-refractivity contribution < 1.29 is 22.2 Å². The number of hydrogen-bond donors (Lipinski definition) is 0. The van der Waals surface area contributed by atoms with Gasteiger partial charge in [-0.1, -0.05) is 60.7 Å². The van der Waals surface area contributed by atoms with Gasteiger partial charge >= 0.3 is 15.7 Å². The van der Waals surface area contributed by atoms with E-state index in [2.05, 4.69) is 42.2 Å². The Labute approximate surface area is 221 Å². The van der Waals surface area contributed by atoms with E-state index in [0.717, 1.165) is 18.2 Å². The first kappa shape index (κ1) is 26.4. The van der Waals surface area contributed by atoms with Crippen LogP contribution in [-0.2, 0) is 10.3 Å². The number of benzene rings is 3. The summed E-state index contributed by atoms with van der Waals surface area (Å²) in [5.41, 5.74) is 0.0733. The van der Waals surface area contributed by atoms with Crippen molar-refractivity contribution in [1.82, 2.24) is 4.81 Å². The predicted octanol–water partition coefficient (Wildman–Crippen LogP) is 6.50. The molecule has 2 aliphatic heterocycles. The third-order valence-corrected chi connectivity index (χ3v) is 6.00. The van der Waals surface area contributed by atoms with Gasteiger partial charge in [0.25, 0.3) is 5.92 Å². The minimum absolute atomic E-state index is 0.0774.